The maximum Gasteiger partial charge on any atom is 0.0768 e. The zero-order valence-electron chi connectivity index (χ0n) is 12.8. The predicted octanol–water partition coefficient (Wildman–Crippen LogP) is 4.72. The smallest absolute Gasteiger partial charge is 0.0768 e. The summed E-state index contributed by atoms with van der Waals surface area (Å²) in [5.74, 6) is 0. The molecule has 4 rings (SSSR count). The Labute approximate surface area is 129 Å². The van der Waals surface area contributed by atoms with Crippen molar-refractivity contribution < 1.29 is 5.11 Å². The van der Waals surface area contributed by atoms with Crippen LogP contribution in [0.4, 0.5) is 0 Å². The number of aliphatic hydroxyl groups excluding tert-OH is 1. The topological polar surface area (TPSA) is 20.2 Å². The van der Waals surface area contributed by atoms with E-state index in [0.29, 0.717) is 0 Å². The van der Waals surface area contributed by atoms with E-state index in [4.69, 9.17) is 0 Å². The molecule has 0 bridgehead atoms. The average Bonchev–Trinajstić information content (AvgIpc) is 2.55. The molecule has 0 aliphatic rings. The van der Waals surface area contributed by atoms with Crippen molar-refractivity contribution in [1.82, 2.24) is 0 Å². The third-order valence-corrected chi connectivity index (χ3v) is 4.59. The van der Waals surface area contributed by atoms with E-state index in [1.165, 1.54) is 37.5 Å². The summed E-state index contributed by atoms with van der Waals surface area (Å²) in [4.78, 5) is 0. The van der Waals surface area contributed by atoms with Crippen LogP contribution in [-0.4, -0.2) is 5.11 Å². The van der Waals surface area contributed by atoms with Crippen LogP contribution in [0.5, 0.6) is 0 Å². The molecule has 1 N–H and O–H groups in total. The Bertz CT molecular complexity index is 1050. The molecule has 4 aromatic rings. The lowest BCUT2D eigenvalue weighted by molar-refractivity contribution is 0.201. The van der Waals surface area contributed by atoms with E-state index in [2.05, 4.69) is 55.5 Å². The lowest BCUT2D eigenvalue weighted by Crippen LogP contribution is -2.09. The summed E-state index contributed by atoms with van der Waals surface area (Å²) in [5, 5.41) is 18.9. The van der Waals surface area contributed by atoms with Gasteiger partial charge in [0.2, 0.25) is 0 Å². The molecule has 1 unspecified atom stereocenters. The first-order valence-electron chi connectivity index (χ1n) is 7.72. The van der Waals surface area contributed by atoms with Gasteiger partial charge in [0, 0.05) is 0 Å². The molecule has 0 saturated carbocycles. The summed E-state index contributed by atoms with van der Waals surface area (Å²) in [6, 6.07) is 19.2. The first-order valence-corrected chi connectivity index (χ1v) is 7.72. The van der Waals surface area contributed by atoms with Crippen LogP contribution in [0.2, 0.25) is 0 Å². The van der Waals surface area contributed by atoms with E-state index >= 15 is 0 Å². The van der Waals surface area contributed by atoms with Gasteiger partial charge in [-0.05, 0) is 56.9 Å². The van der Waals surface area contributed by atoms with E-state index < -0.39 is 6.10 Å². The normalized spacial score (nSPS) is 14.2. The van der Waals surface area contributed by atoms with Crippen molar-refractivity contribution in [2.45, 2.75) is 20.0 Å². The minimum absolute atomic E-state index is 0.477. The second-order valence-corrected chi connectivity index (χ2v) is 5.86. The van der Waals surface area contributed by atoms with Crippen LogP contribution < -0.4 is 5.22 Å². The largest absolute Gasteiger partial charge is 0.389 e. The van der Waals surface area contributed by atoms with Gasteiger partial charge in [0.15, 0.2) is 0 Å². The van der Waals surface area contributed by atoms with Gasteiger partial charge in [0.25, 0.3) is 0 Å². The summed E-state index contributed by atoms with van der Waals surface area (Å²) in [6.07, 6.45) is 1.68. The number of benzene rings is 4. The molecule has 1 nitrogen and oxygen atoms in total. The number of aliphatic hydroxyl groups is 1. The molecule has 0 heterocycles. The van der Waals surface area contributed by atoms with Gasteiger partial charge in [-0.15, -0.1) is 0 Å². The van der Waals surface area contributed by atoms with E-state index in [9.17, 15) is 5.11 Å². The summed E-state index contributed by atoms with van der Waals surface area (Å²) in [6.45, 7) is 3.91. The van der Waals surface area contributed by atoms with Gasteiger partial charge in [0.05, 0.1) is 6.10 Å². The van der Waals surface area contributed by atoms with E-state index in [1.54, 1.807) is 0 Å². The van der Waals surface area contributed by atoms with Crippen molar-refractivity contribution >= 4 is 38.4 Å². The fraction of sp³-hybridized carbons (Fsp3) is 0.143. The zero-order valence-corrected chi connectivity index (χ0v) is 12.8. The Hall–Kier alpha value is -2.38. The van der Waals surface area contributed by atoms with Crippen molar-refractivity contribution in [3.8, 4) is 0 Å². The third kappa shape index (κ3) is 1.69. The Morgan fingerprint density at radius 3 is 2.05 bits per heavy atom. The Kier molecular flexibility index (Phi) is 2.91. The predicted molar refractivity (Wildman–Crippen MR) is 95.0 cm³/mol. The summed E-state index contributed by atoms with van der Waals surface area (Å²) in [7, 11) is 0. The molecule has 0 aliphatic heterocycles. The first kappa shape index (κ1) is 13.3. The maximum absolute atomic E-state index is 10.2. The van der Waals surface area contributed by atoms with Crippen molar-refractivity contribution in [3.63, 3.8) is 0 Å². The van der Waals surface area contributed by atoms with Crippen molar-refractivity contribution in [1.29, 1.82) is 0 Å². The quantitative estimate of drug-likeness (QED) is 0.396. The van der Waals surface area contributed by atoms with Crippen LogP contribution in [0.25, 0.3) is 38.4 Å². The van der Waals surface area contributed by atoms with Crippen LogP contribution in [-0.2, 0) is 0 Å². The molecule has 108 valence electrons. The van der Waals surface area contributed by atoms with Gasteiger partial charge >= 0.3 is 0 Å². The van der Waals surface area contributed by atoms with Crippen LogP contribution in [0.15, 0.2) is 54.6 Å². The molecular weight excluding hydrogens is 268 g/mol. The van der Waals surface area contributed by atoms with Crippen molar-refractivity contribution in [2.24, 2.45) is 0 Å². The lowest BCUT2D eigenvalue weighted by atomic mass is 9.90. The fourth-order valence-electron chi connectivity index (χ4n) is 3.67. The fourth-order valence-corrected chi connectivity index (χ4v) is 3.67. The van der Waals surface area contributed by atoms with E-state index in [0.717, 1.165) is 5.56 Å². The zero-order chi connectivity index (χ0) is 15.3. The molecular formula is C21H18O. The highest BCUT2D eigenvalue weighted by atomic mass is 16.3. The number of hydrogen-bond acceptors (Lipinski definition) is 1. The molecule has 0 saturated heterocycles. The van der Waals surface area contributed by atoms with Crippen molar-refractivity contribution in [3.05, 3.63) is 65.4 Å². The van der Waals surface area contributed by atoms with Crippen molar-refractivity contribution in [2.75, 3.05) is 0 Å². The summed E-state index contributed by atoms with van der Waals surface area (Å²) in [5.41, 5.74) is 0.997. The second-order valence-electron chi connectivity index (χ2n) is 5.86. The monoisotopic (exact) mass is 286 g/mol. The molecule has 22 heavy (non-hydrogen) atoms. The van der Waals surface area contributed by atoms with Gasteiger partial charge in [-0.3, -0.25) is 0 Å². The second kappa shape index (κ2) is 4.82. The number of fused-ring (bicyclic) bond motifs is 2. The van der Waals surface area contributed by atoms with Crippen LogP contribution >= 0.6 is 0 Å². The van der Waals surface area contributed by atoms with Gasteiger partial charge in [-0.2, -0.15) is 0 Å². The maximum atomic E-state index is 10.2. The average molecular weight is 286 g/mol. The SMILES string of the molecule is C/C=c1/c2cccc3cccc(c4cccc(C(C)O)c14)c32. The summed E-state index contributed by atoms with van der Waals surface area (Å²) >= 11 is 0. The molecule has 0 aromatic heterocycles. The highest BCUT2D eigenvalue weighted by molar-refractivity contribution is 6.22. The van der Waals surface area contributed by atoms with E-state index in [1.807, 2.05) is 19.1 Å². The number of hydrogen-bond donors (Lipinski definition) is 1. The highest BCUT2D eigenvalue weighted by Gasteiger charge is 2.13. The third-order valence-electron chi connectivity index (χ3n) is 4.59. The van der Waals surface area contributed by atoms with Gasteiger partial charge in [0.1, 0.15) is 0 Å². The molecule has 0 radical (unpaired) electrons. The minimum atomic E-state index is -0.477. The van der Waals surface area contributed by atoms with Gasteiger partial charge < -0.3 is 5.11 Å². The van der Waals surface area contributed by atoms with Crippen LogP contribution in [0, 0.1) is 0 Å². The van der Waals surface area contributed by atoms with Crippen LogP contribution in [0.3, 0.4) is 0 Å². The molecule has 4 aromatic carbocycles. The molecule has 0 spiro atoms. The molecule has 0 amide bonds. The Morgan fingerprint density at radius 2 is 1.41 bits per heavy atom. The Morgan fingerprint density at radius 1 is 0.818 bits per heavy atom. The van der Waals surface area contributed by atoms with Gasteiger partial charge in [-0.25, -0.2) is 0 Å². The van der Waals surface area contributed by atoms with Crippen LogP contribution in [0.1, 0.15) is 25.5 Å². The lowest BCUT2D eigenvalue weighted by Gasteiger charge is -2.15. The van der Waals surface area contributed by atoms with E-state index in [-0.39, 0.29) is 0 Å². The number of rotatable bonds is 1. The standard InChI is InChI=1S/C21H18O/c1-3-15-17-10-4-7-14-8-5-11-18(20(14)17)19-12-6-9-16(13(2)22)21(15)19/h3-13,22H,1-2H3/b15-3-. The molecule has 0 fully saturated rings. The highest BCUT2D eigenvalue weighted by Crippen LogP contribution is 2.33. The first-order chi connectivity index (χ1) is 10.7. The molecule has 0 aliphatic carbocycles. The van der Waals surface area contributed by atoms with Gasteiger partial charge in [-0.1, -0.05) is 60.7 Å². The molecule has 1 atom stereocenters. The Balaban J connectivity index is 2.45. The summed E-state index contributed by atoms with van der Waals surface area (Å²) < 4.78 is 0. The minimum Gasteiger partial charge on any atom is -0.389 e. The molecule has 1 heteroatoms.